The van der Waals surface area contributed by atoms with Gasteiger partial charge in [0.05, 0.1) is 19.1 Å². The molecule has 0 radical (unpaired) electrons. The summed E-state index contributed by atoms with van der Waals surface area (Å²) in [6.07, 6.45) is 1.81. The van der Waals surface area contributed by atoms with Crippen LogP contribution in [-0.2, 0) is 26.2 Å². The summed E-state index contributed by atoms with van der Waals surface area (Å²) in [5.41, 5.74) is 2.95. The number of anilines is 1. The van der Waals surface area contributed by atoms with Gasteiger partial charge in [-0.25, -0.2) is 8.42 Å². The molecule has 0 aromatic heterocycles. The number of nitrogens with one attached hydrogen (secondary N) is 1. The van der Waals surface area contributed by atoms with Crippen LogP contribution in [0.1, 0.15) is 37.0 Å². The summed E-state index contributed by atoms with van der Waals surface area (Å²) in [5, 5.41) is 2.82. The van der Waals surface area contributed by atoms with E-state index in [0.717, 1.165) is 33.7 Å². The van der Waals surface area contributed by atoms with E-state index in [4.69, 9.17) is 4.74 Å². The molecule has 0 heterocycles. The Labute approximate surface area is 202 Å². The van der Waals surface area contributed by atoms with Crippen molar-refractivity contribution in [3.8, 4) is 5.75 Å². The Morgan fingerprint density at radius 3 is 2.38 bits per heavy atom. The number of carbonyl (C=O) groups excluding carboxylic acids is 2. The van der Waals surface area contributed by atoms with Gasteiger partial charge in [0.25, 0.3) is 0 Å². The monoisotopic (exact) mass is 489 g/mol. The number of benzene rings is 2. The summed E-state index contributed by atoms with van der Waals surface area (Å²) in [4.78, 5) is 27.8. The molecule has 0 bridgehead atoms. The van der Waals surface area contributed by atoms with Crippen LogP contribution >= 0.6 is 0 Å². The van der Waals surface area contributed by atoms with E-state index in [1.165, 1.54) is 12.0 Å². The average Bonchev–Trinajstić information content (AvgIpc) is 2.79. The summed E-state index contributed by atoms with van der Waals surface area (Å²) in [6.45, 7) is 7.56. The SMILES string of the molecule is CCCNC(=O)[C@H](C)N(Cc1ccccc1C)C(=O)CN(c1cc(C)ccc1OC)S(C)(=O)=O. The molecule has 2 amide bonds. The van der Waals surface area contributed by atoms with E-state index < -0.39 is 28.5 Å². The first-order chi connectivity index (χ1) is 16.0. The summed E-state index contributed by atoms with van der Waals surface area (Å²) < 4.78 is 31.9. The highest BCUT2D eigenvalue weighted by Gasteiger charge is 2.31. The van der Waals surface area contributed by atoms with E-state index in [9.17, 15) is 18.0 Å². The topological polar surface area (TPSA) is 96.0 Å². The van der Waals surface area contributed by atoms with Gasteiger partial charge in [-0.3, -0.25) is 13.9 Å². The third kappa shape index (κ3) is 6.96. The van der Waals surface area contributed by atoms with Crippen molar-refractivity contribution in [2.75, 3.05) is 30.8 Å². The third-order valence-corrected chi connectivity index (χ3v) is 6.73. The van der Waals surface area contributed by atoms with Crippen LogP contribution < -0.4 is 14.4 Å². The molecule has 1 atom stereocenters. The van der Waals surface area contributed by atoms with Crippen LogP contribution in [-0.4, -0.2) is 57.6 Å². The lowest BCUT2D eigenvalue weighted by molar-refractivity contribution is -0.139. The van der Waals surface area contributed by atoms with Gasteiger partial charge >= 0.3 is 0 Å². The number of sulfonamides is 1. The Morgan fingerprint density at radius 2 is 1.79 bits per heavy atom. The fourth-order valence-corrected chi connectivity index (χ4v) is 4.38. The van der Waals surface area contributed by atoms with Crippen LogP contribution in [0.3, 0.4) is 0 Å². The molecule has 34 heavy (non-hydrogen) atoms. The normalized spacial score (nSPS) is 12.1. The zero-order chi connectivity index (χ0) is 25.5. The van der Waals surface area contributed by atoms with Gasteiger partial charge in [-0.1, -0.05) is 37.3 Å². The van der Waals surface area contributed by atoms with Gasteiger partial charge in [0.15, 0.2) is 0 Å². The van der Waals surface area contributed by atoms with Crippen molar-refractivity contribution in [1.82, 2.24) is 10.2 Å². The highest BCUT2D eigenvalue weighted by Crippen LogP contribution is 2.31. The molecule has 2 rings (SSSR count). The molecule has 8 nitrogen and oxygen atoms in total. The first-order valence-electron chi connectivity index (χ1n) is 11.2. The van der Waals surface area contributed by atoms with Gasteiger partial charge in [0, 0.05) is 13.1 Å². The summed E-state index contributed by atoms with van der Waals surface area (Å²) in [6, 6.07) is 11.9. The minimum Gasteiger partial charge on any atom is -0.495 e. The van der Waals surface area contributed by atoms with Crippen molar-refractivity contribution in [2.45, 2.75) is 46.7 Å². The molecule has 0 saturated carbocycles. The van der Waals surface area contributed by atoms with Gasteiger partial charge in [0.2, 0.25) is 21.8 Å². The number of aryl methyl sites for hydroxylation is 2. The second kappa shape index (κ2) is 11.9. The zero-order valence-corrected chi connectivity index (χ0v) is 21.6. The van der Waals surface area contributed by atoms with E-state index in [1.54, 1.807) is 25.1 Å². The van der Waals surface area contributed by atoms with Crippen LogP contribution in [0.5, 0.6) is 5.75 Å². The predicted octanol–water partition coefficient (Wildman–Crippen LogP) is 3.02. The Morgan fingerprint density at radius 1 is 1.12 bits per heavy atom. The molecule has 1 N–H and O–H groups in total. The maximum atomic E-state index is 13.6. The number of ether oxygens (including phenoxy) is 1. The quantitative estimate of drug-likeness (QED) is 0.523. The van der Waals surface area contributed by atoms with E-state index in [0.29, 0.717) is 12.3 Å². The molecule has 0 aliphatic carbocycles. The van der Waals surface area contributed by atoms with Gasteiger partial charge in [-0.15, -0.1) is 0 Å². The summed E-state index contributed by atoms with van der Waals surface area (Å²) in [7, 11) is -2.39. The van der Waals surface area contributed by atoms with Crippen molar-refractivity contribution in [1.29, 1.82) is 0 Å². The number of rotatable bonds is 11. The standard InChI is InChI=1S/C25H35N3O5S/c1-7-14-26-25(30)20(4)27(16-21-11-9-8-10-19(21)3)24(29)17-28(34(6,31)32)22-15-18(2)12-13-23(22)33-5/h8-13,15,20H,7,14,16-17H2,1-6H3,(H,26,30)/t20-/m0/s1. The molecule has 0 unspecified atom stereocenters. The average molecular weight is 490 g/mol. The lowest BCUT2D eigenvalue weighted by Gasteiger charge is -2.32. The predicted molar refractivity (Wildman–Crippen MR) is 134 cm³/mol. The van der Waals surface area contributed by atoms with Crippen molar-refractivity contribution in [3.63, 3.8) is 0 Å². The van der Waals surface area contributed by atoms with Crippen molar-refractivity contribution >= 4 is 27.5 Å². The number of hydrogen-bond acceptors (Lipinski definition) is 5. The molecule has 0 spiro atoms. The molecule has 9 heteroatoms. The first kappa shape index (κ1) is 27.2. The molecule has 0 aliphatic rings. The van der Waals surface area contributed by atoms with Crippen LogP contribution in [0, 0.1) is 13.8 Å². The van der Waals surface area contributed by atoms with E-state index in [1.807, 2.05) is 45.0 Å². The highest BCUT2D eigenvalue weighted by atomic mass is 32.2. The van der Waals surface area contributed by atoms with Crippen LogP contribution in [0.4, 0.5) is 5.69 Å². The number of carbonyl (C=O) groups is 2. The maximum Gasteiger partial charge on any atom is 0.244 e. The van der Waals surface area contributed by atoms with Gasteiger partial charge in [0.1, 0.15) is 18.3 Å². The first-order valence-corrected chi connectivity index (χ1v) is 13.1. The third-order valence-electron chi connectivity index (χ3n) is 5.60. The Balaban J connectivity index is 2.46. The van der Waals surface area contributed by atoms with Crippen LogP contribution in [0.2, 0.25) is 0 Å². The summed E-state index contributed by atoms with van der Waals surface area (Å²) in [5.74, 6) is -0.442. The van der Waals surface area contributed by atoms with E-state index in [-0.39, 0.29) is 18.1 Å². The molecule has 2 aromatic rings. The van der Waals surface area contributed by atoms with Crippen molar-refractivity contribution in [3.05, 3.63) is 59.2 Å². The second-order valence-corrected chi connectivity index (χ2v) is 10.3. The molecular formula is C25H35N3O5S. The van der Waals surface area contributed by atoms with Crippen molar-refractivity contribution < 1.29 is 22.7 Å². The van der Waals surface area contributed by atoms with E-state index >= 15 is 0 Å². The molecule has 2 aromatic carbocycles. The Bertz CT molecular complexity index is 1120. The Hall–Kier alpha value is -3.07. The molecule has 0 aliphatic heterocycles. The maximum absolute atomic E-state index is 13.6. The minimum absolute atomic E-state index is 0.175. The number of nitrogens with zero attached hydrogens (tertiary/aromatic N) is 2. The lowest BCUT2D eigenvalue weighted by Crippen LogP contribution is -2.51. The lowest BCUT2D eigenvalue weighted by atomic mass is 10.1. The van der Waals surface area contributed by atoms with E-state index in [2.05, 4.69) is 5.32 Å². The molecule has 186 valence electrons. The van der Waals surface area contributed by atoms with Crippen molar-refractivity contribution in [2.24, 2.45) is 0 Å². The summed E-state index contributed by atoms with van der Waals surface area (Å²) >= 11 is 0. The fourth-order valence-electron chi connectivity index (χ4n) is 3.54. The number of hydrogen-bond donors (Lipinski definition) is 1. The minimum atomic E-state index is -3.83. The number of methoxy groups -OCH3 is 1. The van der Waals surface area contributed by atoms with Crippen LogP contribution in [0.25, 0.3) is 0 Å². The largest absolute Gasteiger partial charge is 0.495 e. The van der Waals surface area contributed by atoms with Crippen LogP contribution in [0.15, 0.2) is 42.5 Å². The fraction of sp³-hybridized carbons (Fsp3) is 0.440. The Kier molecular flexibility index (Phi) is 9.49. The molecular weight excluding hydrogens is 454 g/mol. The molecule has 0 fully saturated rings. The van der Waals surface area contributed by atoms with Gasteiger partial charge in [-0.2, -0.15) is 0 Å². The van der Waals surface area contributed by atoms with Gasteiger partial charge in [-0.05, 0) is 56.0 Å². The van der Waals surface area contributed by atoms with Gasteiger partial charge < -0.3 is 15.0 Å². The smallest absolute Gasteiger partial charge is 0.244 e. The molecule has 0 saturated heterocycles. The zero-order valence-electron chi connectivity index (χ0n) is 20.8. The highest BCUT2D eigenvalue weighted by molar-refractivity contribution is 7.92. The number of amides is 2. The second-order valence-electron chi connectivity index (χ2n) is 8.36.